The Morgan fingerprint density at radius 2 is 2.00 bits per heavy atom. The summed E-state index contributed by atoms with van der Waals surface area (Å²) in [4.78, 5) is 27.4. The molecule has 0 fully saturated rings. The molecule has 0 radical (unpaired) electrons. The second kappa shape index (κ2) is 8.86. The number of benzene rings is 1. The number of hydrogen-bond donors (Lipinski definition) is 2. The van der Waals surface area contributed by atoms with Crippen LogP contribution in [-0.2, 0) is 19.4 Å². The van der Waals surface area contributed by atoms with E-state index < -0.39 is 0 Å². The molecular weight excluding hydrogens is 441 g/mol. The fraction of sp³-hybridized carbons (Fsp3) is 0.280. The summed E-state index contributed by atoms with van der Waals surface area (Å²) >= 11 is 1.48. The van der Waals surface area contributed by atoms with E-state index in [0.29, 0.717) is 34.9 Å². The van der Waals surface area contributed by atoms with Crippen LogP contribution in [0.5, 0.6) is 0 Å². The van der Waals surface area contributed by atoms with Crippen molar-refractivity contribution in [3.63, 3.8) is 0 Å². The summed E-state index contributed by atoms with van der Waals surface area (Å²) in [5.41, 5.74) is 4.08. The van der Waals surface area contributed by atoms with Crippen molar-refractivity contribution in [1.29, 1.82) is 0 Å². The van der Waals surface area contributed by atoms with Crippen LogP contribution < -0.4 is 10.6 Å². The predicted molar refractivity (Wildman–Crippen MR) is 127 cm³/mol. The first-order valence-electron chi connectivity index (χ1n) is 11.1. The van der Waals surface area contributed by atoms with Crippen molar-refractivity contribution in [1.82, 2.24) is 9.88 Å². The van der Waals surface area contributed by atoms with Crippen molar-refractivity contribution < 1.29 is 18.4 Å². The summed E-state index contributed by atoms with van der Waals surface area (Å²) < 4.78 is 21.1. The smallest absolute Gasteiger partial charge is 0.273 e. The zero-order chi connectivity index (χ0) is 22.9. The summed E-state index contributed by atoms with van der Waals surface area (Å²) in [6.45, 7) is 2.71. The Morgan fingerprint density at radius 3 is 2.82 bits per heavy atom. The molecule has 1 aliphatic carbocycles. The molecular formula is C25H24FN3O3S. The van der Waals surface area contributed by atoms with Gasteiger partial charge in [0.15, 0.2) is 5.58 Å². The van der Waals surface area contributed by atoms with Crippen LogP contribution in [0, 0.1) is 5.82 Å². The molecule has 3 heterocycles. The molecule has 0 spiro atoms. The van der Waals surface area contributed by atoms with Crippen molar-refractivity contribution in [2.24, 2.45) is 0 Å². The molecule has 6 nitrogen and oxygen atoms in total. The van der Waals surface area contributed by atoms with Gasteiger partial charge in [-0.05, 0) is 55.9 Å². The zero-order valence-corrected chi connectivity index (χ0v) is 19.1. The van der Waals surface area contributed by atoms with E-state index in [1.165, 1.54) is 28.3 Å². The minimum Gasteiger partial charge on any atom is -0.463 e. The molecule has 5 rings (SSSR count). The van der Waals surface area contributed by atoms with Crippen LogP contribution in [0.25, 0.3) is 11.1 Å². The van der Waals surface area contributed by atoms with Crippen molar-refractivity contribution in [2.75, 3.05) is 11.9 Å². The molecule has 2 amide bonds. The highest BCUT2D eigenvalue weighted by molar-refractivity contribution is 7.17. The average Bonchev–Trinajstić information content (AvgIpc) is 3.47. The van der Waals surface area contributed by atoms with E-state index in [0.717, 1.165) is 42.3 Å². The SMILES string of the molecule is CCNC(=O)c1c(NC(=O)c2cc3occc3n2Cc2cccc(F)c2)sc2c1CCCC2. The van der Waals surface area contributed by atoms with Crippen molar-refractivity contribution in [2.45, 2.75) is 39.2 Å². The number of halogens is 1. The standard InChI is InChI=1S/C25H24FN3O3S/c1-2-27-24(31)22-17-8-3-4-9-21(17)33-25(22)28-23(30)19-13-20-18(10-11-32-20)29(19)14-15-6-5-7-16(26)12-15/h5-7,10-13H,2-4,8-9,14H2,1H3,(H,27,31)(H,28,30). The normalized spacial score (nSPS) is 13.2. The lowest BCUT2D eigenvalue weighted by Crippen LogP contribution is -2.26. The first-order valence-corrected chi connectivity index (χ1v) is 11.9. The molecule has 8 heteroatoms. The first-order chi connectivity index (χ1) is 16.0. The Hall–Kier alpha value is -3.39. The quantitative estimate of drug-likeness (QED) is 0.402. The number of carbonyl (C=O) groups excluding carboxylic acids is 2. The number of furan rings is 1. The third-order valence-corrected chi connectivity index (χ3v) is 7.16. The van der Waals surface area contributed by atoms with Crippen LogP contribution in [0.2, 0.25) is 0 Å². The van der Waals surface area contributed by atoms with Gasteiger partial charge < -0.3 is 19.6 Å². The van der Waals surface area contributed by atoms with Gasteiger partial charge in [-0.15, -0.1) is 11.3 Å². The molecule has 33 heavy (non-hydrogen) atoms. The van der Waals surface area contributed by atoms with Crippen molar-refractivity contribution >= 4 is 39.3 Å². The van der Waals surface area contributed by atoms with Gasteiger partial charge in [-0.3, -0.25) is 9.59 Å². The van der Waals surface area contributed by atoms with E-state index in [2.05, 4.69) is 10.6 Å². The molecule has 0 unspecified atom stereocenters. The van der Waals surface area contributed by atoms with Crippen LogP contribution in [0.1, 0.15) is 56.6 Å². The molecule has 170 valence electrons. The molecule has 0 bridgehead atoms. The minimum absolute atomic E-state index is 0.156. The summed E-state index contributed by atoms with van der Waals surface area (Å²) in [6, 6.07) is 9.78. The highest BCUT2D eigenvalue weighted by Crippen LogP contribution is 2.38. The number of anilines is 1. The lowest BCUT2D eigenvalue weighted by Gasteiger charge is -2.13. The van der Waals surface area contributed by atoms with Crippen molar-refractivity contribution in [3.8, 4) is 0 Å². The zero-order valence-electron chi connectivity index (χ0n) is 18.2. The largest absolute Gasteiger partial charge is 0.463 e. The van der Waals surface area contributed by atoms with Crippen LogP contribution in [-0.4, -0.2) is 22.9 Å². The third kappa shape index (κ3) is 4.06. The number of nitrogens with one attached hydrogen (secondary N) is 2. The van der Waals surface area contributed by atoms with Crippen LogP contribution in [0.4, 0.5) is 9.39 Å². The summed E-state index contributed by atoms with van der Waals surface area (Å²) in [6.07, 6.45) is 5.45. The van der Waals surface area contributed by atoms with Crippen molar-refractivity contribution in [3.05, 3.63) is 75.7 Å². The van der Waals surface area contributed by atoms with E-state index >= 15 is 0 Å². The van der Waals surface area contributed by atoms with E-state index in [9.17, 15) is 14.0 Å². The predicted octanol–water partition coefficient (Wildman–Crippen LogP) is 5.36. The second-order valence-corrected chi connectivity index (χ2v) is 9.25. The van der Waals surface area contributed by atoms with E-state index in [-0.39, 0.29) is 17.6 Å². The Labute approximate surface area is 194 Å². The lowest BCUT2D eigenvalue weighted by molar-refractivity contribution is 0.0956. The van der Waals surface area contributed by atoms with Gasteiger partial charge in [0, 0.05) is 30.1 Å². The van der Waals surface area contributed by atoms with Gasteiger partial charge in [0.05, 0.1) is 17.3 Å². The molecule has 2 N–H and O–H groups in total. The number of amides is 2. The monoisotopic (exact) mass is 465 g/mol. The fourth-order valence-corrected chi connectivity index (χ4v) is 5.75. The van der Waals surface area contributed by atoms with Gasteiger partial charge in [-0.2, -0.15) is 0 Å². The molecule has 0 saturated heterocycles. The molecule has 0 aliphatic heterocycles. The number of thiophene rings is 1. The molecule has 1 aliphatic rings. The Balaban J connectivity index is 1.51. The number of hydrogen-bond acceptors (Lipinski definition) is 4. The van der Waals surface area contributed by atoms with Gasteiger partial charge in [-0.1, -0.05) is 12.1 Å². The van der Waals surface area contributed by atoms with Gasteiger partial charge in [0.25, 0.3) is 11.8 Å². The summed E-state index contributed by atoms with van der Waals surface area (Å²) in [5, 5.41) is 6.45. The van der Waals surface area contributed by atoms with Gasteiger partial charge in [0.2, 0.25) is 0 Å². The Bertz CT molecular complexity index is 1350. The maximum atomic E-state index is 13.7. The number of aryl methyl sites for hydroxylation is 1. The van der Waals surface area contributed by atoms with Gasteiger partial charge in [0.1, 0.15) is 16.5 Å². The van der Waals surface area contributed by atoms with E-state index in [1.54, 1.807) is 24.5 Å². The highest BCUT2D eigenvalue weighted by Gasteiger charge is 2.27. The van der Waals surface area contributed by atoms with E-state index in [1.807, 2.05) is 17.6 Å². The number of fused-ring (bicyclic) bond motifs is 2. The molecule has 3 aromatic heterocycles. The summed E-state index contributed by atoms with van der Waals surface area (Å²) in [7, 11) is 0. The maximum Gasteiger partial charge on any atom is 0.273 e. The molecule has 0 atom stereocenters. The van der Waals surface area contributed by atoms with Gasteiger partial charge in [-0.25, -0.2) is 4.39 Å². The Morgan fingerprint density at radius 1 is 1.15 bits per heavy atom. The average molecular weight is 466 g/mol. The van der Waals surface area contributed by atoms with E-state index in [4.69, 9.17) is 4.42 Å². The number of carbonyl (C=O) groups is 2. The van der Waals surface area contributed by atoms with Crippen LogP contribution >= 0.6 is 11.3 Å². The van der Waals surface area contributed by atoms with Crippen LogP contribution in [0.3, 0.4) is 0 Å². The molecule has 0 saturated carbocycles. The molecule has 1 aromatic carbocycles. The first kappa shape index (κ1) is 21.5. The second-order valence-electron chi connectivity index (χ2n) is 8.14. The minimum atomic E-state index is -0.332. The number of rotatable bonds is 6. The maximum absolute atomic E-state index is 13.7. The lowest BCUT2D eigenvalue weighted by atomic mass is 9.95. The molecule has 4 aromatic rings. The Kier molecular flexibility index (Phi) is 5.76. The third-order valence-electron chi connectivity index (χ3n) is 5.95. The highest BCUT2D eigenvalue weighted by atomic mass is 32.1. The topological polar surface area (TPSA) is 76.3 Å². The number of nitrogens with zero attached hydrogens (tertiary/aromatic N) is 1. The number of aromatic nitrogens is 1. The van der Waals surface area contributed by atoms with Crippen LogP contribution in [0.15, 0.2) is 47.1 Å². The fourth-order valence-electron chi connectivity index (χ4n) is 4.46. The van der Waals surface area contributed by atoms with Gasteiger partial charge >= 0.3 is 0 Å². The summed E-state index contributed by atoms with van der Waals surface area (Å²) in [5.74, 6) is -0.817.